The molecule has 162 valence electrons. The predicted molar refractivity (Wildman–Crippen MR) is 114 cm³/mol. The summed E-state index contributed by atoms with van der Waals surface area (Å²) in [4.78, 5) is 26.7. The third kappa shape index (κ3) is 5.99. The number of nitrogens with zero attached hydrogens (tertiary/aromatic N) is 3. The minimum atomic E-state index is -1.46. The number of H-pyrrole nitrogens is 1. The number of nitrogens with one attached hydrogen (secondary N) is 1. The standard InChI is InChI=1S/C20H33N4O4P/c1-13(2)24(14(3)4)29(27-9-7-8-21)28-18-11-15(5)10-17(18)23-12-16(6)19(25)22-20(23)26/h12-15,17-18H,7,9-11H2,1-6H3,(H,22,25,26)/t15-,17+,18?,29?/m0/s1/i5D. The van der Waals surface area contributed by atoms with Crippen LogP contribution in [0.3, 0.4) is 0 Å². The molecule has 1 heterocycles. The lowest BCUT2D eigenvalue weighted by Crippen LogP contribution is -2.38. The van der Waals surface area contributed by atoms with E-state index in [2.05, 4.69) is 43.4 Å². The van der Waals surface area contributed by atoms with E-state index in [1.54, 1.807) is 13.1 Å². The van der Waals surface area contributed by atoms with Crippen molar-refractivity contribution in [3.05, 3.63) is 32.6 Å². The Labute approximate surface area is 175 Å². The Kier molecular flexibility index (Phi) is 8.02. The molecule has 1 aliphatic rings. The molecule has 1 aromatic rings. The van der Waals surface area contributed by atoms with E-state index in [1.807, 2.05) is 0 Å². The summed E-state index contributed by atoms with van der Waals surface area (Å²) >= 11 is 0. The van der Waals surface area contributed by atoms with Crippen molar-refractivity contribution in [3.8, 4) is 6.07 Å². The second-order valence-electron chi connectivity index (χ2n) is 8.07. The summed E-state index contributed by atoms with van der Waals surface area (Å²) in [6.07, 6.45) is 2.80. The minimum absolute atomic E-state index is 0.0987. The molecular weight excluding hydrogens is 391 g/mol. The highest BCUT2D eigenvalue weighted by atomic mass is 31.2. The molecule has 1 fully saturated rings. The molecule has 2 unspecified atom stereocenters. The maximum Gasteiger partial charge on any atom is 0.328 e. The van der Waals surface area contributed by atoms with E-state index in [0.29, 0.717) is 18.4 Å². The van der Waals surface area contributed by atoms with Gasteiger partial charge in [0, 0.05) is 25.2 Å². The van der Waals surface area contributed by atoms with Gasteiger partial charge in [-0.1, -0.05) is 6.90 Å². The number of nitriles is 1. The van der Waals surface area contributed by atoms with Gasteiger partial charge in [-0.15, -0.1) is 0 Å². The van der Waals surface area contributed by atoms with E-state index in [9.17, 15) is 9.59 Å². The van der Waals surface area contributed by atoms with Crippen LogP contribution in [0.4, 0.5) is 0 Å². The third-order valence-corrected chi connectivity index (χ3v) is 7.12. The van der Waals surface area contributed by atoms with Gasteiger partial charge in [0.2, 0.25) is 0 Å². The van der Waals surface area contributed by atoms with Gasteiger partial charge in [0.05, 0.1) is 31.2 Å². The third-order valence-electron chi connectivity index (χ3n) is 4.96. The molecule has 0 spiro atoms. The van der Waals surface area contributed by atoms with Gasteiger partial charge in [-0.25, -0.2) is 9.46 Å². The maximum absolute atomic E-state index is 12.5. The first kappa shape index (κ1) is 22.2. The first-order chi connectivity index (χ1) is 14.2. The van der Waals surface area contributed by atoms with Crippen molar-refractivity contribution in [2.75, 3.05) is 6.61 Å². The number of hydrogen-bond donors (Lipinski definition) is 1. The van der Waals surface area contributed by atoms with Crippen LogP contribution in [-0.2, 0) is 9.05 Å². The zero-order valence-corrected chi connectivity index (χ0v) is 18.8. The highest BCUT2D eigenvalue weighted by molar-refractivity contribution is 7.44. The Bertz CT molecular complexity index is 842. The first-order valence-corrected chi connectivity index (χ1v) is 11.2. The van der Waals surface area contributed by atoms with Crippen LogP contribution < -0.4 is 11.2 Å². The summed E-state index contributed by atoms with van der Waals surface area (Å²) in [6, 6.07) is 2.15. The Morgan fingerprint density at radius 2 is 2.07 bits per heavy atom. The molecular formula is C20H33N4O4P. The van der Waals surface area contributed by atoms with E-state index in [-0.39, 0.29) is 50.1 Å². The van der Waals surface area contributed by atoms with Gasteiger partial charge < -0.3 is 9.05 Å². The van der Waals surface area contributed by atoms with Crippen molar-refractivity contribution in [2.24, 2.45) is 5.92 Å². The normalized spacial score (nSPS) is 23.6. The SMILES string of the molecule is [2H]C[C@@H]1CC(OP(OCCC#N)N(C(C)C)C(C)C)[C@H](n2cc(C)c(=O)[nH]c2=O)C1. The summed E-state index contributed by atoms with van der Waals surface area (Å²) in [5.41, 5.74) is -0.396. The highest BCUT2D eigenvalue weighted by Gasteiger charge is 2.39. The quantitative estimate of drug-likeness (QED) is 0.480. The van der Waals surface area contributed by atoms with Crippen LogP contribution in [0.1, 0.15) is 66.8 Å². The summed E-state index contributed by atoms with van der Waals surface area (Å²) in [5.74, 6) is 0.0987. The second-order valence-corrected chi connectivity index (χ2v) is 9.48. The fourth-order valence-electron chi connectivity index (χ4n) is 3.72. The minimum Gasteiger partial charge on any atom is -0.321 e. The number of aromatic nitrogens is 2. The van der Waals surface area contributed by atoms with Crippen LogP contribution in [0.25, 0.3) is 0 Å². The summed E-state index contributed by atoms with van der Waals surface area (Å²) in [7, 11) is -1.46. The fraction of sp³-hybridized carbons (Fsp3) is 0.750. The van der Waals surface area contributed by atoms with Gasteiger partial charge in [0.1, 0.15) is 0 Å². The lowest BCUT2D eigenvalue weighted by molar-refractivity contribution is 0.109. The van der Waals surface area contributed by atoms with Crippen LogP contribution >= 0.6 is 8.53 Å². The van der Waals surface area contributed by atoms with E-state index < -0.39 is 19.8 Å². The van der Waals surface area contributed by atoms with Gasteiger partial charge in [-0.3, -0.25) is 14.3 Å². The lowest BCUT2D eigenvalue weighted by Gasteiger charge is -2.37. The topological polar surface area (TPSA) is 100 Å². The van der Waals surface area contributed by atoms with Crippen LogP contribution in [0.15, 0.2) is 15.8 Å². The fourth-order valence-corrected chi connectivity index (χ4v) is 5.49. The number of hydrogen-bond acceptors (Lipinski definition) is 6. The second kappa shape index (κ2) is 10.5. The number of aromatic amines is 1. The molecule has 0 radical (unpaired) electrons. The maximum atomic E-state index is 12.5. The van der Waals surface area contributed by atoms with Gasteiger partial charge in [0.15, 0.2) is 0 Å². The summed E-state index contributed by atoms with van der Waals surface area (Å²) in [6.45, 7) is 10.5. The van der Waals surface area contributed by atoms with E-state index in [4.69, 9.17) is 15.7 Å². The molecule has 0 amide bonds. The van der Waals surface area contributed by atoms with Crippen molar-refractivity contribution < 1.29 is 10.4 Å². The first-order valence-electron chi connectivity index (χ1n) is 10.8. The molecule has 0 saturated heterocycles. The Morgan fingerprint density at radius 1 is 1.38 bits per heavy atom. The monoisotopic (exact) mass is 425 g/mol. The van der Waals surface area contributed by atoms with Gasteiger partial charge in [0.25, 0.3) is 14.1 Å². The smallest absolute Gasteiger partial charge is 0.321 e. The van der Waals surface area contributed by atoms with E-state index in [0.717, 1.165) is 0 Å². The summed E-state index contributed by atoms with van der Waals surface area (Å²) in [5, 5.41) is 8.89. The molecule has 2 rings (SSSR count). The molecule has 1 saturated carbocycles. The molecule has 1 N–H and O–H groups in total. The van der Waals surface area contributed by atoms with Crippen LogP contribution in [-0.4, -0.2) is 39.0 Å². The molecule has 0 aromatic carbocycles. The Balaban J connectivity index is 2.35. The van der Waals surface area contributed by atoms with Crippen LogP contribution in [0.5, 0.6) is 0 Å². The average molecular weight is 425 g/mol. The van der Waals surface area contributed by atoms with Crippen molar-refractivity contribution in [1.29, 1.82) is 5.26 Å². The largest absolute Gasteiger partial charge is 0.328 e. The van der Waals surface area contributed by atoms with Crippen molar-refractivity contribution >= 4 is 8.53 Å². The van der Waals surface area contributed by atoms with Gasteiger partial charge in [-0.05, 0) is 53.4 Å². The van der Waals surface area contributed by atoms with Crippen molar-refractivity contribution in [1.82, 2.24) is 14.2 Å². The number of rotatable bonds is 9. The van der Waals surface area contributed by atoms with Gasteiger partial charge in [-0.2, -0.15) is 5.26 Å². The molecule has 1 aliphatic carbocycles. The molecule has 0 bridgehead atoms. The summed E-state index contributed by atoms with van der Waals surface area (Å²) < 4.78 is 24.0. The predicted octanol–water partition coefficient (Wildman–Crippen LogP) is 3.48. The Hall–Kier alpha value is -1.52. The van der Waals surface area contributed by atoms with Crippen molar-refractivity contribution in [2.45, 2.75) is 85.0 Å². The van der Waals surface area contributed by atoms with Gasteiger partial charge >= 0.3 is 5.69 Å². The average Bonchev–Trinajstić information content (AvgIpc) is 3.07. The molecule has 9 heteroatoms. The van der Waals surface area contributed by atoms with Crippen LogP contribution in [0, 0.1) is 24.2 Å². The number of aryl methyl sites for hydroxylation is 1. The molecule has 29 heavy (non-hydrogen) atoms. The van der Waals surface area contributed by atoms with Crippen molar-refractivity contribution in [3.63, 3.8) is 0 Å². The zero-order chi connectivity index (χ0) is 22.4. The van der Waals surface area contributed by atoms with E-state index in [1.165, 1.54) is 4.57 Å². The highest BCUT2D eigenvalue weighted by Crippen LogP contribution is 2.51. The molecule has 4 atom stereocenters. The van der Waals surface area contributed by atoms with Crippen LogP contribution in [0.2, 0.25) is 0 Å². The van der Waals surface area contributed by atoms with E-state index >= 15 is 0 Å². The zero-order valence-electron chi connectivity index (χ0n) is 18.9. The lowest BCUT2D eigenvalue weighted by atomic mass is 10.1. The Morgan fingerprint density at radius 3 is 2.66 bits per heavy atom. The molecule has 0 aliphatic heterocycles. The molecule has 8 nitrogen and oxygen atoms in total. The molecule has 1 aromatic heterocycles.